The third-order valence-corrected chi connectivity index (χ3v) is 8.33. The van der Waals surface area contributed by atoms with E-state index in [2.05, 4.69) is 105 Å². The van der Waals surface area contributed by atoms with Crippen LogP contribution in [0.5, 0.6) is 11.5 Å². The Morgan fingerprint density at radius 3 is 1.58 bits per heavy atom. The van der Waals surface area contributed by atoms with Gasteiger partial charge in [0.1, 0.15) is 11.5 Å². The fourth-order valence-corrected chi connectivity index (χ4v) is 5.91. The highest BCUT2D eigenvalue weighted by Gasteiger charge is 2.23. The van der Waals surface area contributed by atoms with Crippen molar-refractivity contribution in [2.45, 2.75) is 59.3 Å². The fraction of sp³-hybridized carbons (Fsp3) is 0.297. The van der Waals surface area contributed by atoms with Gasteiger partial charge >= 0.3 is 0 Å². The predicted molar refractivity (Wildman–Crippen MR) is 175 cm³/mol. The zero-order chi connectivity index (χ0) is 30.4. The fourth-order valence-electron chi connectivity index (χ4n) is 5.91. The largest absolute Gasteiger partial charge is 0.497 e. The second-order valence-electron chi connectivity index (χ2n) is 12.1. The monoisotopic (exact) mass is 573 g/mol. The third kappa shape index (κ3) is 5.05. The van der Waals surface area contributed by atoms with Gasteiger partial charge in [-0.25, -0.2) is 0 Å². The number of fused-ring (bicyclic) bond motifs is 3. The van der Waals surface area contributed by atoms with Crippen LogP contribution in [0, 0.1) is 0 Å². The van der Waals surface area contributed by atoms with Gasteiger partial charge in [0.15, 0.2) is 0 Å². The van der Waals surface area contributed by atoms with E-state index in [-0.39, 0.29) is 0 Å². The first-order valence-corrected chi connectivity index (χ1v) is 15.0. The number of rotatable bonds is 8. The Morgan fingerprint density at radius 2 is 1.12 bits per heavy atom. The maximum atomic E-state index is 6.41. The molecule has 0 saturated heterocycles. The summed E-state index contributed by atoms with van der Waals surface area (Å²) < 4.78 is 19.8. The Kier molecular flexibility index (Phi) is 7.47. The molecular weight excluding hydrogens is 534 g/mol. The molecule has 0 spiro atoms. The minimum Gasteiger partial charge on any atom is -0.497 e. The SMILES string of the molecule is COc1ccc2c3ccc(OC)cc3n(-c3ccc(-c4nnc(-c5c(C(C)C)cc(C(C)C)cc5C(C)C)o4)cc3)c2c1. The molecule has 0 saturated carbocycles. The Hall–Kier alpha value is -4.58. The molecule has 2 heterocycles. The first-order valence-electron chi connectivity index (χ1n) is 15.0. The minimum absolute atomic E-state index is 0.323. The van der Waals surface area contributed by atoms with Crippen molar-refractivity contribution in [1.82, 2.24) is 14.8 Å². The molecule has 0 radical (unpaired) electrons. The van der Waals surface area contributed by atoms with Crippen LogP contribution in [0.3, 0.4) is 0 Å². The van der Waals surface area contributed by atoms with Gasteiger partial charge in [-0.3, -0.25) is 0 Å². The normalized spacial score (nSPS) is 11.9. The molecule has 0 fully saturated rings. The second kappa shape index (κ2) is 11.3. The Labute approximate surface area is 253 Å². The van der Waals surface area contributed by atoms with E-state index in [1.807, 2.05) is 24.3 Å². The number of benzene rings is 4. The van der Waals surface area contributed by atoms with E-state index in [1.165, 1.54) is 16.7 Å². The van der Waals surface area contributed by atoms with E-state index in [0.29, 0.717) is 29.5 Å². The van der Waals surface area contributed by atoms with Crippen molar-refractivity contribution in [3.63, 3.8) is 0 Å². The molecule has 0 N–H and O–H groups in total. The summed E-state index contributed by atoms with van der Waals surface area (Å²) in [6.07, 6.45) is 0. The van der Waals surface area contributed by atoms with Crippen LogP contribution in [0.4, 0.5) is 0 Å². The average Bonchev–Trinajstić information content (AvgIpc) is 3.62. The number of ether oxygens (including phenoxy) is 2. The van der Waals surface area contributed by atoms with Crippen molar-refractivity contribution in [3.05, 3.63) is 89.5 Å². The van der Waals surface area contributed by atoms with Gasteiger partial charge in [0, 0.05) is 39.7 Å². The molecule has 0 aliphatic carbocycles. The molecule has 220 valence electrons. The summed E-state index contributed by atoms with van der Waals surface area (Å²) >= 11 is 0. The number of hydrogen-bond donors (Lipinski definition) is 0. The second-order valence-corrected chi connectivity index (χ2v) is 12.1. The third-order valence-electron chi connectivity index (χ3n) is 8.33. The molecule has 4 aromatic carbocycles. The van der Waals surface area contributed by atoms with Crippen LogP contribution in [0.2, 0.25) is 0 Å². The summed E-state index contributed by atoms with van der Waals surface area (Å²) in [6, 6.07) is 25.2. The molecule has 0 aliphatic rings. The van der Waals surface area contributed by atoms with E-state index < -0.39 is 0 Å². The molecule has 0 amide bonds. The lowest BCUT2D eigenvalue weighted by Crippen LogP contribution is -2.03. The molecule has 6 nitrogen and oxygen atoms in total. The molecule has 6 heteroatoms. The van der Waals surface area contributed by atoms with Crippen LogP contribution in [0.1, 0.15) is 76.0 Å². The highest BCUT2D eigenvalue weighted by atomic mass is 16.5. The average molecular weight is 574 g/mol. The van der Waals surface area contributed by atoms with Gasteiger partial charge in [0.05, 0.1) is 25.3 Å². The van der Waals surface area contributed by atoms with Gasteiger partial charge in [-0.2, -0.15) is 0 Å². The first-order chi connectivity index (χ1) is 20.7. The van der Waals surface area contributed by atoms with Gasteiger partial charge in [0.2, 0.25) is 11.8 Å². The lowest BCUT2D eigenvalue weighted by atomic mass is 9.84. The van der Waals surface area contributed by atoms with Gasteiger partial charge in [-0.1, -0.05) is 53.7 Å². The van der Waals surface area contributed by atoms with E-state index in [1.54, 1.807) is 14.2 Å². The number of hydrogen-bond acceptors (Lipinski definition) is 5. The molecule has 0 aliphatic heterocycles. The molecule has 0 unspecified atom stereocenters. The maximum Gasteiger partial charge on any atom is 0.248 e. The first kappa shape index (κ1) is 28.5. The van der Waals surface area contributed by atoms with E-state index in [9.17, 15) is 0 Å². The quantitative estimate of drug-likeness (QED) is 0.181. The smallest absolute Gasteiger partial charge is 0.248 e. The molecule has 0 bridgehead atoms. The zero-order valence-corrected chi connectivity index (χ0v) is 26.2. The molecule has 43 heavy (non-hydrogen) atoms. The molecule has 6 rings (SSSR count). The molecular formula is C37H39N3O3. The van der Waals surface area contributed by atoms with Crippen LogP contribution in [-0.4, -0.2) is 29.0 Å². The van der Waals surface area contributed by atoms with Crippen LogP contribution < -0.4 is 9.47 Å². The van der Waals surface area contributed by atoms with E-state index in [0.717, 1.165) is 50.1 Å². The maximum absolute atomic E-state index is 6.41. The lowest BCUT2D eigenvalue weighted by Gasteiger charge is -2.20. The summed E-state index contributed by atoms with van der Waals surface area (Å²) in [4.78, 5) is 0. The van der Waals surface area contributed by atoms with Crippen molar-refractivity contribution in [2.24, 2.45) is 0 Å². The van der Waals surface area contributed by atoms with Crippen molar-refractivity contribution >= 4 is 21.8 Å². The van der Waals surface area contributed by atoms with Gasteiger partial charge in [0.25, 0.3) is 0 Å². The predicted octanol–water partition coefficient (Wildman–Crippen LogP) is 9.89. The van der Waals surface area contributed by atoms with Gasteiger partial charge < -0.3 is 18.5 Å². The summed E-state index contributed by atoms with van der Waals surface area (Å²) in [6.45, 7) is 13.4. The van der Waals surface area contributed by atoms with E-state index >= 15 is 0 Å². The van der Waals surface area contributed by atoms with Crippen molar-refractivity contribution in [2.75, 3.05) is 14.2 Å². The topological polar surface area (TPSA) is 62.3 Å². The van der Waals surface area contributed by atoms with Crippen molar-refractivity contribution in [1.29, 1.82) is 0 Å². The number of methoxy groups -OCH3 is 2. The lowest BCUT2D eigenvalue weighted by molar-refractivity contribution is 0.415. The Morgan fingerprint density at radius 1 is 0.605 bits per heavy atom. The van der Waals surface area contributed by atoms with Crippen molar-refractivity contribution in [3.8, 4) is 40.1 Å². The molecule has 6 aromatic rings. The highest BCUT2D eigenvalue weighted by molar-refractivity contribution is 6.10. The summed E-state index contributed by atoms with van der Waals surface area (Å²) in [5.74, 6) is 3.78. The zero-order valence-electron chi connectivity index (χ0n) is 26.2. The van der Waals surface area contributed by atoms with Crippen molar-refractivity contribution < 1.29 is 13.9 Å². The van der Waals surface area contributed by atoms with Gasteiger partial charge in [-0.15, -0.1) is 10.2 Å². The Bertz CT molecular complexity index is 1840. The van der Waals surface area contributed by atoms with E-state index in [4.69, 9.17) is 13.9 Å². The Balaban J connectivity index is 1.44. The van der Waals surface area contributed by atoms with Crippen LogP contribution in [0.15, 0.2) is 77.2 Å². The van der Waals surface area contributed by atoms with Crippen LogP contribution in [0.25, 0.3) is 50.4 Å². The highest BCUT2D eigenvalue weighted by Crippen LogP contribution is 2.40. The summed E-state index contributed by atoms with van der Waals surface area (Å²) in [7, 11) is 3.38. The standard InChI is InChI=1S/C37H39N3O3/c1-21(2)25-17-31(22(3)4)35(32(18-25)23(5)6)37-39-38-36(43-37)24-9-11-26(12-10-24)40-33-19-27(41-7)13-15-29(33)30-16-14-28(42-8)20-34(30)40/h9-23H,1-8H3. The van der Waals surface area contributed by atoms with Crippen LogP contribution in [-0.2, 0) is 0 Å². The number of nitrogens with zero attached hydrogens (tertiary/aromatic N) is 3. The number of aromatic nitrogens is 3. The molecule has 2 aromatic heterocycles. The summed E-state index contributed by atoms with van der Waals surface area (Å²) in [5.41, 5.74) is 8.90. The van der Waals surface area contributed by atoms with Gasteiger partial charge in [-0.05, 0) is 83.0 Å². The van der Waals surface area contributed by atoms with Crippen LogP contribution >= 0.6 is 0 Å². The minimum atomic E-state index is 0.323. The molecule has 0 atom stereocenters. The summed E-state index contributed by atoms with van der Waals surface area (Å²) in [5, 5.41) is 11.4.